The van der Waals surface area contributed by atoms with Gasteiger partial charge in [-0.3, -0.25) is 9.59 Å². The molecule has 8 heteroatoms. The van der Waals surface area contributed by atoms with E-state index in [1.165, 1.54) is 11.9 Å². The van der Waals surface area contributed by atoms with Gasteiger partial charge in [0.05, 0.1) is 11.4 Å². The maximum absolute atomic E-state index is 13.6. The summed E-state index contributed by atoms with van der Waals surface area (Å²) in [7, 11) is -2.52. The molecule has 1 unspecified atom stereocenters. The van der Waals surface area contributed by atoms with Gasteiger partial charge in [-0.25, -0.2) is 8.42 Å². The number of fused-ring (bicyclic) bond motifs is 1. The van der Waals surface area contributed by atoms with E-state index in [0.29, 0.717) is 13.0 Å². The number of sulfonamides is 1. The highest BCUT2D eigenvalue weighted by atomic mass is 32.2. The van der Waals surface area contributed by atoms with Crippen molar-refractivity contribution in [2.24, 2.45) is 0 Å². The van der Waals surface area contributed by atoms with Gasteiger partial charge in [0.25, 0.3) is 0 Å². The molecule has 0 bridgehead atoms. The van der Waals surface area contributed by atoms with Crippen molar-refractivity contribution in [3.8, 4) is 0 Å². The van der Waals surface area contributed by atoms with Gasteiger partial charge >= 0.3 is 0 Å². The second-order valence-corrected chi connectivity index (χ2v) is 11.4. The molecule has 0 spiro atoms. The predicted octanol–water partition coefficient (Wildman–Crippen LogP) is 4.49. The van der Waals surface area contributed by atoms with Gasteiger partial charge in [-0.2, -0.15) is 4.31 Å². The van der Waals surface area contributed by atoms with Crippen molar-refractivity contribution in [3.63, 3.8) is 0 Å². The van der Waals surface area contributed by atoms with Crippen molar-refractivity contribution in [2.75, 3.05) is 20.1 Å². The lowest BCUT2D eigenvalue weighted by Gasteiger charge is -2.32. The molecule has 2 amide bonds. The summed E-state index contributed by atoms with van der Waals surface area (Å²) in [6, 6.07) is 19.5. The first-order valence-corrected chi connectivity index (χ1v) is 14.2. The lowest BCUT2D eigenvalue weighted by molar-refractivity contribution is -0.141. The maximum Gasteiger partial charge on any atom is 0.243 e. The fraction of sp³-hybridized carbons (Fsp3) is 0.379. The van der Waals surface area contributed by atoms with Crippen LogP contribution in [0.5, 0.6) is 0 Å². The molecule has 198 valence electrons. The van der Waals surface area contributed by atoms with E-state index in [-0.39, 0.29) is 23.9 Å². The van der Waals surface area contributed by atoms with E-state index >= 15 is 0 Å². The fourth-order valence-electron chi connectivity index (χ4n) is 4.19. The SMILES string of the molecule is CCCCNC(=O)C(CC)N(Cc1ccc(C)cc1)C(=O)CN(C)S(=O)(=O)c1ccc2ccccc2c1. The molecule has 0 aromatic heterocycles. The number of hydrogen-bond donors (Lipinski definition) is 1. The molecule has 3 aromatic carbocycles. The van der Waals surface area contributed by atoms with Crippen LogP contribution < -0.4 is 5.32 Å². The van der Waals surface area contributed by atoms with E-state index < -0.39 is 22.0 Å². The minimum Gasteiger partial charge on any atom is -0.354 e. The molecule has 7 nitrogen and oxygen atoms in total. The van der Waals surface area contributed by atoms with Gasteiger partial charge in [0.2, 0.25) is 21.8 Å². The number of nitrogens with zero attached hydrogens (tertiary/aromatic N) is 2. The quantitative estimate of drug-likeness (QED) is 0.354. The summed E-state index contributed by atoms with van der Waals surface area (Å²) in [5, 5.41) is 4.67. The third kappa shape index (κ3) is 7.17. The Balaban J connectivity index is 1.85. The molecule has 0 aliphatic rings. The molecular formula is C29H37N3O4S. The second-order valence-electron chi connectivity index (χ2n) is 9.35. The lowest BCUT2D eigenvalue weighted by atomic mass is 10.1. The smallest absolute Gasteiger partial charge is 0.243 e. The normalized spacial score (nSPS) is 12.5. The molecule has 37 heavy (non-hydrogen) atoms. The summed E-state index contributed by atoms with van der Waals surface area (Å²) < 4.78 is 27.8. The molecule has 1 atom stereocenters. The number of amides is 2. The van der Waals surface area contributed by atoms with Crippen LogP contribution >= 0.6 is 0 Å². The Kier molecular flexibility index (Phi) is 9.83. The summed E-state index contributed by atoms with van der Waals surface area (Å²) in [6.07, 6.45) is 2.21. The van der Waals surface area contributed by atoms with Crippen molar-refractivity contribution in [3.05, 3.63) is 77.9 Å². The Hall–Kier alpha value is -3.23. The average molecular weight is 524 g/mol. The molecule has 0 aliphatic carbocycles. The molecule has 1 N–H and O–H groups in total. The highest BCUT2D eigenvalue weighted by molar-refractivity contribution is 7.89. The number of benzene rings is 3. The minimum absolute atomic E-state index is 0.121. The number of unbranched alkanes of at least 4 members (excludes halogenated alkanes) is 1. The third-order valence-electron chi connectivity index (χ3n) is 6.48. The van der Waals surface area contributed by atoms with Crippen molar-refractivity contribution < 1.29 is 18.0 Å². The summed E-state index contributed by atoms with van der Waals surface area (Å²) in [6.45, 7) is 6.25. The number of carbonyl (C=O) groups is 2. The third-order valence-corrected chi connectivity index (χ3v) is 8.28. The molecular weight excluding hydrogens is 486 g/mol. The zero-order valence-corrected chi connectivity index (χ0v) is 22.9. The molecule has 0 heterocycles. The molecule has 3 aromatic rings. The topological polar surface area (TPSA) is 86.8 Å². The van der Waals surface area contributed by atoms with Crippen molar-refractivity contribution in [1.82, 2.24) is 14.5 Å². The van der Waals surface area contributed by atoms with E-state index in [2.05, 4.69) is 5.32 Å². The molecule has 3 rings (SSSR count). The van der Waals surface area contributed by atoms with Crippen LogP contribution in [-0.4, -0.2) is 55.6 Å². The van der Waals surface area contributed by atoms with Gasteiger partial charge in [-0.05, 0) is 48.2 Å². The van der Waals surface area contributed by atoms with E-state index in [1.54, 1.807) is 18.2 Å². The van der Waals surface area contributed by atoms with Crippen LogP contribution in [0.1, 0.15) is 44.2 Å². The highest BCUT2D eigenvalue weighted by Crippen LogP contribution is 2.22. The number of aryl methyl sites for hydroxylation is 1. The van der Waals surface area contributed by atoms with Gasteiger partial charge in [-0.15, -0.1) is 0 Å². The van der Waals surface area contributed by atoms with Gasteiger partial charge in [0, 0.05) is 20.1 Å². The van der Waals surface area contributed by atoms with E-state index in [4.69, 9.17) is 0 Å². The highest BCUT2D eigenvalue weighted by Gasteiger charge is 2.31. The average Bonchev–Trinajstić information content (AvgIpc) is 2.89. The number of rotatable bonds is 12. The Morgan fingerprint density at radius 3 is 2.27 bits per heavy atom. The Morgan fingerprint density at radius 2 is 1.62 bits per heavy atom. The van der Waals surface area contributed by atoms with Crippen LogP contribution in [0.2, 0.25) is 0 Å². The van der Waals surface area contributed by atoms with Crippen molar-refractivity contribution in [2.45, 2.75) is 57.5 Å². The van der Waals surface area contributed by atoms with Crippen molar-refractivity contribution in [1.29, 1.82) is 0 Å². The summed E-state index contributed by atoms with van der Waals surface area (Å²) in [5.74, 6) is -0.651. The zero-order valence-electron chi connectivity index (χ0n) is 22.1. The molecule has 0 aliphatic heterocycles. The first kappa shape index (κ1) is 28.3. The number of hydrogen-bond acceptors (Lipinski definition) is 4. The number of nitrogens with one attached hydrogen (secondary N) is 1. The Bertz CT molecular complexity index is 1320. The van der Waals surface area contributed by atoms with Crippen LogP contribution in [0.15, 0.2) is 71.6 Å². The lowest BCUT2D eigenvalue weighted by Crippen LogP contribution is -2.51. The first-order valence-electron chi connectivity index (χ1n) is 12.7. The number of likely N-dealkylation sites (N-methyl/N-ethyl adjacent to an activating group) is 1. The van der Waals surface area contributed by atoms with Crippen LogP contribution in [0.4, 0.5) is 0 Å². The monoisotopic (exact) mass is 523 g/mol. The minimum atomic E-state index is -3.92. The first-order chi connectivity index (χ1) is 17.7. The van der Waals surface area contributed by atoms with Crippen LogP contribution in [-0.2, 0) is 26.2 Å². The van der Waals surface area contributed by atoms with Crippen LogP contribution in [0, 0.1) is 6.92 Å². The summed E-state index contributed by atoms with van der Waals surface area (Å²) in [5.41, 5.74) is 1.96. The molecule has 0 fully saturated rings. The molecule has 0 saturated carbocycles. The standard InChI is InChI=1S/C29H37N3O4S/c1-5-7-18-30-29(34)27(6-2)32(20-23-14-12-22(3)13-15-23)28(33)21-31(4)37(35,36)26-17-16-24-10-8-9-11-25(24)19-26/h8-17,19,27H,5-7,18,20-21H2,1-4H3,(H,30,34). The van der Waals surface area contributed by atoms with Crippen molar-refractivity contribution >= 4 is 32.6 Å². The largest absolute Gasteiger partial charge is 0.354 e. The Labute approximate surface area is 220 Å². The molecule has 0 radical (unpaired) electrons. The van der Waals surface area contributed by atoms with Gasteiger partial charge < -0.3 is 10.2 Å². The van der Waals surface area contributed by atoms with Gasteiger partial charge in [0.1, 0.15) is 6.04 Å². The maximum atomic E-state index is 13.6. The van der Waals surface area contributed by atoms with Gasteiger partial charge in [-0.1, -0.05) is 80.4 Å². The van der Waals surface area contributed by atoms with Gasteiger partial charge in [0.15, 0.2) is 0 Å². The summed E-state index contributed by atoms with van der Waals surface area (Å²) in [4.78, 5) is 28.2. The zero-order chi connectivity index (χ0) is 27.0. The molecule has 0 saturated heterocycles. The van der Waals surface area contributed by atoms with E-state index in [0.717, 1.165) is 39.0 Å². The van der Waals surface area contributed by atoms with E-state index in [9.17, 15) is 18.0 Å². The second kappa shape index (κ2) is 12.8. The predicted molar refractivity (Wildman–Crippen MR) is 147 cm³/mol. The van der Waals surface area contributed by atoms with Crippen LogP contribution in [0.25, 0.3) is 10.8 Å². The van der Waals surface area contributed by atoms with Crippen LogP contribution in [0.3, 0.4) is 0 Å². The van der Waals surface area contributed by atoms with E-state index in [1.807, 2.05) is 69.3 Å². The summed E-state index contributed by atoms with van der Waals surface area (Å²) >= 11 is 0. The fourth-order valence-corrected chi connectivity index (χ4v) is 5.35. The number of carbonyl (C=O) groups excluding carboxylic acids is 2. The Morgan fingerprint density at radius 1 is 0.946 bits per heavy atom.